The molecule has 1 aliphatic heterocycles. The van der Waals surface area contributed by atoms with E-state index in [1.54, 1.807) is 66.5 Å². The number of esters is 1. The van der Waals surface area contributed by atoms with Gasteiger partial charge in [-0.2, -0.15) is 8.42 Å². The standard InChI is InChI=1S/C24H21BrN2O5S/c1-27(23-20-12-6-8-14-22(20)33(29,30)26-23)15-18(16-31-17-9-3-2-4-10-17)32-24(28)19-11-5-7-13-21(19)25/h2-14,18H,15-16H2,1H3. The molecular weight excluding hydrogens is 508 g/mol. The topological polar surface area (TPSA) is 85.3 Å². The van der Waals surface area contributed by atoms with Gasteiger partial charge in [-0.25, -0.2) is 4.79 Å². The third kappa shape index (κ3) is 5.26. The van der Waals surface area contributed by atoms with E-state index >= 15 is 0 Å². The highest BCUT2D eigenvalue weighted by Crippen LogP contribution is 2.27. The van der Waals surface area contributed by atoms with Crippen molar-refractivity contribution in [2.75, 3.05) is 20.2 Å². The van der Waals surface area contributed by atoms with Crippen LogP contribution >= 0.6 is 15.9 Å². The largest absolute Gasteiger partial charge is 0.490 e. The molecule has 0 aromatic heterocycles. The number of amidine groups is 1. The Labute approximate surface area is 200 Å². The maximum Gasteiger partial charge on any atom is 0.339 e. The Morgan fingerprint density at radius 3 is 2.42 bits per heavy atom. The number of carbonyl (C=O) groups is 1. The maximum atomic E-state index is 12.8. The molecule has 0 spiro atoms. The summed E-state index contributed by atoms with van der Waals surface area (Å²) in [6.45, 7) is 0.248. The van der Waals surface area contributed by atoms with Crippen molar-refractivity contribution in [2.45, 2.75) is 11.0 Å². The molecule has 1 heterocycles. The summed E-state index contributed by atoms with van der Waals surface area (Å²) in [5.41, 5.74) is 0.899. The normalized spacial score (nSPS) is 14.7. The number of hydrogen-bond acceptors (Lipinski definition) is 6. The quantitative estimate of drug-likeness (QED) is 0.428. The van der Waals surface area contributed by atoms with Crippen LogP contribution in [0.15, 0.2) is 92.6 Å². The Bertz CT molecular complexity index is 1290. The third-order valence-corrected chi connectivity index (χ3v) is 7.01. The Morgan fingerprint density at radius 1 is 1.00 bits per heavy atom. The molecular formula is C24H21BrN2O5S. The predicted octanol–water partition coefficient (Wildman–Crippen LogP) is 4.13. The molecule has 3 aromatic rings. The lowest BCUT2D eigenvalue weighted by Gasteiger charge is -2.26. The van der Waals surface area contributed by atoms with Gasteiger partial charge in [0.25, 0.3) is 10.0 Å². The van der Waals surface area contributed by atoms with Gasteiger partial charge in [0.1, 0.15) is 17.3 Å². The monoisotopic (exact) mass is 528 g/mol. The molecule has 170 valence electrons. The Kier molecular flexibility index (Phi) is 6.80. The molecule has 0 aliphatic carbocycles. The Balaban J connectivity index is 1.55. The number of nitrogens with zero attached hydrogens (tertiary/aromatic N) is 2. The van der Waals surface area contributed by atoms with E-state index in [0.29, 0.717) is 27.2 Å². The molecule has 1 unspecified atom stereocenters. The Morgan fingerprint density at radius 2 is 1.67 bits per heavy atom. The maximum absolute atomic E-state index is 12.8. The number of rotatable bonds is 7. The minimum atomic E-state index is -3.76. The smallest absolute Gasteiger partial charge is 0.339 e. The van der Waals surface area contributed by atoms with E-state index in [0.717, 1.165) is 0 Å². The van der Waals surface area contributed by atoms with Crippen LogP contribution in [0, 0.1) is 0 Å². The number of halogens is 1. The number of fused-ring (bicyclic) bond motifs is 1. The van der Waals surface area contributed by atoms with Crippen molar-refractivity contribution < 1.29 is 22.7 Å². The zero-order valence-electron chi connectivity index (χ0n) is 17.7. The van der Waals surface area contributed by atoms with Crippen molar-refractivity contribution >= 4 is 37.8 Å². The number of ether oxygens (including phenoxy) is 2. The first-order chi connectivity index (χ1) is 15.8. The summed E-state index contributed by atoms with van der Waals surface area (Å²) in [7, 11) is -2.05. The van der Waals surface area contributed by atoms with E-state index in [4.69, 9.17) is 9.47 Å². The number of benzene rings is 3. The van der Waals surface area contributed by atoms with Crippen molar-refractivity contribution in [1.82, 2.24) is 4.90 Å². The molecule has 0 saturated carbocycles. The molecule has 0 bridgehead atoms. The highest BCUT2D eigenvalue weighted by atomic mass is 79.9. The van der Waals surface area contributed by atoms with Gasteiger partial charge in [0.15, 0.2) is 11.9 Å². The minimum absolute atomic E-state index is 0.0756. The van der Waals surface area contributed by atoms with Gasteiger partial charge >= 0.3 is 5.97 Å². The average Bonchev–Trinajstić information content (AvgIpc) is 3.09. The molecule has 33 heavy (non-hydrogen) atoms. The molecule has 1 aliphatic rings. The van der Waals surface area contributed by atoms with Crippen molar-refractivity contribution in [3.05, 3.63) is 94.5 Å². The zero-order valence-corrected chi connectivity index (χ0v) is 20.1. The first-order valence-electron chi connectivity index (χ1n) is 10.1. The molecule has 7 nitrogen and oxygen atoms in total. The van der Waals surface area contributed by atoms with Crippen molar-refractivity contribution in [3.8, 4) is 5.75 Å². The van der Waals surface area contributed by atoms with Gasteiger partial charge in [-0.3, -0.25) is 0 Å². The average molecular weight is 529 g/mol. The molecule has 1 atom stereocenters. The van der Waals surface area contributed by atoms with Crippen LogP contribution in [0.2, 0.25) is 0 Å². The van der Waals surface area contributed by atoms with Crippen LogP contribution in [-0.4, -0.2) is 51.4 Å². The molecule has 3 aromatic carbocycles. The van der Waals surface area contributed by atoms with Crippen molar-refractivity contribution in [1.29, 1.82) is 0 Å². The van der Waals surface area contributed by atoms with Crippen LogP contribution in [0.3, 0.4) is 0 Å². The number of para-hydroxylation sites is 1. The van der Waals surface area contributed by atoms with Gasteiger partial charge < -0.3 is 14.4 Å². The molecule has 0 fully saturated rings. The summed E-state index contributed by atoms with van der Waals surface area (Å²) in [6.07, 6.45) is -0.701. The summed E-state index contributed by atoms with van der Waals surface area (Å²) < 4.78 is 41.0. The molecule has 4 rings (SSSR count). The van der Waals surface area contributed by atoms with E-state index in [2.05, 4.69) is 20.3 Å². The number of hydrogen-bond donors (Lipinski definition) is 0. The fourth-order valence-electron chi connectivity index (χ4n) is 3.43. The van der Waals surface area contributed by atoms with Crippen LogP contribution in [0.5, 0.6) is 5.75 Å². The van der Waals surface area contributed by atoms with Gasteiger partial charge in [0.05, 0.1) is 12.1 Å². The summed E-state index contributed by atoms with van der Waals surface area (Å²) in [5, 5.41) is 0. The first kappa shape index (κ1) is 23.0. The van der Waals surface area contributed by atoms with Gasteiger partial charge in [-0.15, -0.1) is 4.40 Å². The highest BCUT2D eigenvalue weighted by molar-refractivity contribution is 9.10. The van der Waals surface area contributed by atoms with E-state index in [1.165, 1.54) is 6.07 Å². The molecule has 9 heteroatoms. The number of likely N-dealkylation sites (N-methyl/N-ethyl adjacent to an activating group) is 1. The van der Waals surface area contributed by atoms with E-state index in [1.807, 2.05) is 18.2 Å². The van der Waals surface area contributed by atoms with Crippen LogP contribution < -0.4 is 4.74 Å². The number of sulfonamides is 1. The summed E-state index contributed by atoms with van der Waals surface area (Å²) in [4.78, 5) is 14.7. The van der Waals surface area contributed by atoms with Crippen molar-refractivity contribution in [3.63, 3.8) is 0 Å². The predicted molar refractivity (Wildman–Crippen MR) is 128 cm³/mol. The zero-order chi connectivity index (χ0) is 23.4. The summed E-state index contributed by atoms with van der Waals surface area (Å²) in [6, 6.07) is 22.8. The van der Waals surface area contributed by atoms with Gasteiger partial charge in [-0.05, 0) is 52.3 Å². The van der Waals surface area contributed by atoms with E-state index in [-0.39, 0.29) is 18.0 Å². The molecule has 0 amide bonds. The second-order valence-corrected chi connectivity index (χ2v) is 9.82. The van der Waals surface area contributed by atoms with Crippen LogP contribution in [0.1, 0.15) is 15.9 Å². The third-order valence-electron chi connectivity index (χ3n) is 5.00. The first-order valence-corrected chi connectivity index (χ1v) is 12.4. The van der Waals surface area contributed by atoms with Crippen LogP contribution in [0.4, 0.5) is 0 Å². The highest BCUT2D eigenvalue weighted by Gasteiger charge is 2.32. The lowest BCUT2D eigenvalue weighted by atomic mass is 10.2. The SMILES string of the molecule is CN(CC(COc1ccccc1)OC(=O)c1ccccc1Br)C1=NS(=O)(=O)c2ccccc21. The summed E-state index contributed by atoms with van der Waals surface area (Å²) in [5.74, 6) is 0.416. The van der Waals surface area contributed by atoms with Crippen molar-refractivity contribution in [2.24, 2.45) is 4.40 Å². The van der Waals surface area contributed by atoms with Crippen LogP contribution in [-0.2, 0) is 14.8 Å². The lowest BCUT2D eigenvalue weighted by molar-refractivity contribution is 0.0129. The molecule has 0 saturated heterocycles. The van der Waals surface area contributed by atoms with Gasteiger partial charge in [0.2, 0.25) is 0 Å². The summed E-state index contributed by atoms with van der Waals surface area (Å²) >= 11 is 3.37. The fourth-order valence-corrected chi connectivity index (χ4v) is 5.13. The minimum Gasteiger partial charge on any atom is -0.490 e. The second kappa shape index (κ2) is 9.76. The molecule has 0 radical (unpaired) electrons. The fraction of sp³-hybridized carbons (Fsp3) is 0.167. The Hall–Kier alpha value is -3.17. The van der Waals surface area contributed by atoms with E-state index < -0.39 is 22.1 Å². The van der Waals surface area contributed by atoms with Gasteiger partial charge in [-0.1, -0.05) is 42.5 Å². The van der Waals surface area contributed by atoms with Gasteiger partial charge in [0, 0.05) is 17.1 Å². The lowest BCUT2D eigenvalue weighted by Crippen LogP contribution is -2.39. The van der Waals surface area contributed by atoms with Crippen LogP contribution in [0.25, 0.3) is 0 Å². The van der Waals surface area contributed by atoms with E-state index in [9.17, 15) is 13.2 Å². The molecule has 0 N–H and O–H groups in total. The number of carbonyl (C=O) groups excluding carboxylic acids is 1. The second-order valence-electron chi connectivity index (χ2n) is 7.40.